The van der Waals surface area contributed by atoms with Gasteiger partial charge in [0.2, 0.25) is 0 Å². The summed E-state index contributed by atoms with van der Waals surface area (Å²) < 4.78 is 10.8. The number of carboxylic acids is 1. The maximum Gasteiger partial charge on any atom is 0.341 e. The van der Waals surface area contributed by atoms with Gasteiger partial charge in [-0.3, -0.25) is 0 Å². The third-order valence-electron chi connectivity index (χ3n) is 3.43. The number of piperidine rings is 1. The molecule has 1 aromatic rings. The maximum atomic E-state index is 10.6. The van der Waals surface area contributed by atoms with Crippen LogP contribution in [0.5, 0.6) is 11.5 Å². The van der Waals surface area contributed by atoms with Crippen molar-refractivity contribution in [2.75, 3.05) is 26.3 Å². The quantitative estimate of drug-likeness (QED) is 0.834. The van der Waals surface area contributed by atoms with Crippen LogP contribution in [-0.2, 0) is 4.79 Å². The fourth-order valence-electron chi connectivity index (χ4n) is 2.46. The molecule has 0 saturated carbocycles. The zero-order valence-corrected chi connectivity index (χ0v) is 11.7. The Bertz CT molecular complexity index is 455. The first-order chi connectivity index (χ1) is 9.70. The highest BCUT2D eigenvalue weighted by Gasteiger charge is 2.17. The minimum Gasteiger partial charge on any atom is -0.490 e. The Morgan fingerprint density at radius 2 is 2.05 bits per heavy atom. The monoisotopic (exact) mass is 279 g/mol. The zero-order chi connectivity index (χ0) is 14.4. The van der Waals surface area contributed by atoms with Crippen molar-refractivity contribution < 1.29 is 19.4 Å². The van der Waals surface area contributed by atoms with Crippen molar-refractivity contribution >= 4 is 5.97 Å². The van der Waals surface area contributed by atoms with E-state index in [2.05, 4.69) is 5.32 Å². The minimum atomic E-state index is -0.991. The highest BCUT2D eigenvalue weighted by molar-refractivity contribution is 5.68. The number of hydrogen-bond donors (Lipinski definition) is 2. The molecule has 0 aliphatic carbocycles. The van der Waals surface area contributed by atoms with Gasteiger partial charge in [-0.05, 0) is 56.5 Å². The summed E-state index contributed by atoms with van der Waals surface area (Å²) in [5.41, 5.74) is 1.23. The van der Waals surface area contributed by atoms with Crippen LogP contribution in [0.2, 0.25) is 0 Å². The highest BCUT2D eigenvalue weighted by atomic mass is 16.5. The highest BCUT2D eigenvalue weighted by Crippen LogP contribution is 2.34. The molecule has 0 unspecified atom stereocenters. The van der Waals surface area contributed by atoms with E-state index < -0.39 is 5.97 Å². The molecule has 1 aliphatic heterocycles. The number of nitrogens with one attached hydrogen (secondary N) is 1. The molecule has 0 amide bonds. The van der Waals surface area contributed by atoms with Crippen molar-refractivity contribution in [3.05, 3.63) is 23.8 Å². The molecule has 0 aromatic heterocycles. The number of hydrogen-bond acceptors (Lipinski definition) is 4. The lowest BCUT2D eigenvalue weighted by molar-refractivity contribution is -0.139. The number of benzene rings is 1. The molecular formula is C15H21NO4. The molecule has 1 fully saturated rings. The second-order valence-electron chi connectivity index (χ2n) is 4.85. The Morgan fingerprint density at radius 1 is 1.30 bits per heavy atom. The molecule has 2 N–H and O–H groups in total. The molecule has 0 bridgehead atoms. The molecule has 1 saturated heterocycles. The Hall–Kier alpha value is -1.75. The van der Waals surface area contributed by atoms with E-state index in [0.29, 0.717) is 24.0 Å². The molecule has 110 valence electrons. The number of aliphatic carboxylic acids is 1. The average Bonchev–Trinajstić information content (AvgIpc) is 2.47. The largest absolute Gasteiger partial charge is 0.490 e. The Morgan fingerprint density at radius 3 is 2.70 bits per heavy atom. The van der Waals surface area contributed by atoms with Crippen LogP contribution in [0, 0.1) is 0 Å². The molecule has 5 heteroatoms. The molecule has 20 heavy (non-hydrogen) atoms. The van der Waals surface area contributed by atoms with E-state index in [0.717, 1.165) is 25.9 Å². The normalized spacial score (nSPS) is 15.8. The van der Waals surface area contributed by atoms with E-state index in [1.807, 2.05) is 25.1 Å². The Labute approximate surface area is 118 Å². The van der Waals surface area contributed by atoms with Crippen molar-refractivity contribution in [1.82, 2.24) is 5.32 Å². The van der Waals surface area contributed by atoms with E-state index in [-0.39, 0.29) is 6.61 Å². The molecule has 0 radical (unpaired) electrons. The van der Waals surface area contributed by atoms with Crippen LogP contribution in [0.4, 0.5) is 0 Å². The summed E-state index contributed by atoms with van der Waals surface area (Å²) in [6, 6.07) is 5.80. The summed E-state index contributed by atoms with van der Waals surface area (Å²) >= 11 is 0. The van der Waals surface area contributed by atoms with Gasteiger partial charge in [-0.1, -0.05) is 6.07 Å². The first-order valence-electron chi connectivity index (χ1n) is 7.02. The standard InChI is InChI=1S/C15H21NO4/c1-2-19-14-9-12(11-5-7-16-8-6-11)3-4-13(14)20-10-15(17)18/h3-4,9,11,16H,2,5-8,10H2,1H3,(H,17,18). The van der Waals surface area contributed by atoms with Crippen LogP contribution < -0.4 is 14.8 Å². The molecule has 5 nitrogen and oxygen atoms in total. The van der Waals surface area contributed by atoms with Gasteiger partial charge in [0.1, 0.15) is 0 Å². The van der Waals surface area contributed by atoms with Crippen LogP contribution in [0.3, 0.4) is 0 Å². The summed E-state index contributed by atoms with van der Waals surface area (Å²) in [4.78, 5) is 10.6. The number of ether oxygens (including phenoxy) is 2. The smallest absolute Gasteiger partial charge is 0.341 e. The lowest BCUT2D eigenvalue weighted by Gasteiger charge is -2.24. The van der Waals surface area contributed by atoms with Gasteiger partial charge in [-0.25, -0.2) is 4.79 Å². The van der Waals surface area contributed by atoms with Crippen LogP contribution >= 0.6 is 0 Å². The first kappa shape index (κ1) is 14.7. The van der Waals surface area contributed by atoms with Crippen molar-refractivity contribution in [2.24, 2.45) is 0 Å². The van der Waals surface area contributed by atoms with Gasteiger partial charge >= 0.3 is 5.97 Å². The van der Waals surface area contributed by atoms with Gasteiger partial charge < -0.3 is 19.9 Å². The molecule has 1 aromatic carbocycles. The third-order valence-corrected chi connectivity index (χ3v) is 3.43. The molecular weight excluding hydrogens is 258 g/mol. The summed E-state index contributed by atoms with van der Waals surface area (Å²) in [7, 11) is 0. The van der Waals surface area contributed by atoms with Gasteiger partial charge in [0, 0.05) is 0 Å². The van der Waals surface area contributed by atoms with Crippen LogP contribution in [-0.4, -0.2) is 37.4 Å². The second kappa shape index (κ2) is 7.14. The minimum absolute atomic E-state index is 0.354. The molecule has 2 rings (SSSR count). The number of carbonyl (C=O) groups is 1. The van der Waals surface area contributed by atoms with Gasteiger partial charge in [-0.2, -0.15) is 0 Å². The van der Waals surface area contributed by atoms with Crippen LogP contribution in [0.15, 0.2) is 18.2 Å². The molecule has 0 atom stereocenters. The third kappa shape index (κ3) is 3.87. The SMILES string of the molecule is CCOc1cc(C2CCNCC2)ccc1OCC(=O)O. The van der Waals surface area contributed by atoms with Gasteiger partial charge in [0.05, 0.1) is 6.61 Å². The fraction of sp³-hybridized carbons (Fsp3) is 0.533. The fourth-order valence-corrected chi connectivity index (χ4v) is 2.46. The van der Waals surface area contributed by atoms with Crippen molar-refractivity contribution in [2.45, 2.75) is 25.7 Å². The van der Waals surface area contributed by atoms with E-state index in [9.17, 15) is 4.79 Å². The van der Waals surface area contributed by atoms with Gasteiger partial charge in [0.15, 0.2) is 18.1 Å². The van der Waals surface area contributed by atoms with E-state index in [1.165, 1.54) is 5.56 Å². The first-order valence-corrected chi connectivity index (χ1v) is 7.02. The van der Waals surface area contributed by atoms with E-state index in [1.54, 1.807) is 0 Å². The number of rotatable bonds is 6. The predicted octanol–water partition coefficient (Wildman–Crippen LogP) is 2.02. The Balaban J connectivity index is 2.14. The molecule has 1 heterocycles. The van der Waals surface area contributed by atoms with Crippen molar-refractivity contribution in [3.8, 4) is 11.5 Å². The van der Waals surface area contributed by atoms with Crippen LogP contribution in [0.25, 0.3) is 0 Å². The lowest BCUT2D eigenvalue weighted by atomic mass is 9.90. The predicted molar refractivity (Wildman–Crippen MR) is 75.6 cm³/mol. The summed E-state index contributed by atoms with van der Waals surface area (Å²) in [6.45, 7) is 4.14. The van der Waals surface area contributed by atoms with E-state index in [4.69, 9.17) is 14.6 Å². The lowest BCUT2D eigenvalue weighted by Crippen LogP contribution is -2.26. The van der Waals surface area contributed by atoms with Crippen molar-refractivity contribution in [3.63, 3.8) is 0 Å². The van der Waals surface area contributed by atoms with Gasteiger partial charge in [-0.15, -0.1) is 0 Å². The summed E-state index contributed by atoms with van der Waals surface area (Å²) in [6.07, 6.45) is 2.22. The van der Waals surface area contributed by atoms with E-state index >= 15 is 0 Å². The van der Waals surface area contributed by atoms with Gasteiger partial charge in [0.25, 0.3) is 0 Å². The summed E-state index contributed by atoms with van der Waals surface area (Å²) in [5, 5.41) is 12.0. The average molecular weight is 279 g/mol. The van der Waals surface area contributed by atoms with Crippen LogP contribution in [0.1, 0.15) is 31.2 Å². The maximum absolute atomic E-state index is 10.6. The summed E-state index contributed by atoms with van der Waals surface area (Å²) in [5.74, 6) is 0.663. The topological polar surface area (TPSA) is 67.8 Å². The Kier molecular flexibility index (Phi) is 5.24. The van der Waals surface area contributed by atoms with Crippen molar-refractivity contribution in [1.29, 1.82) is 0 Å². The molecule has 0 spiro atoms. The number of carboxylic acid groups (broad SMARTS) is 1. The zero-order valence-electron chi connectivity index (χ0n) is 11.7. The molecule has 1 aliphatic rings. The second-order valence-corrected chi connectivity index (χ2v) is 4.85.